The Bertz CT molecular complexity index is 383. The molecule has 17 heavy (non-hydrogen) atoms. The fourth-order valence-corrected chi connectivity index (χ4v) is 2.18. The molecule has 1 aromatic carbocycles. The molecule has 1 aliphatic rings. The van der Waals surface area contributed by atoms with Gasteiger partial charge in [0.2, 0.25) is 5.91 Å². The average molecular weight is 234 g/mol. The highest BCUT2D eigenvalue weighted by atomic mass is 16.5. The van der Waals surface area contributed by atoms with Crippen LogP contribution in [0.15, 0.2) is 24.3 Å². The normalized spacial score (nSPS) is 22.9. The Kier molecular flexibility index (Phi) is 3.64. The summed E-state index contributed by atoms with van der Waals surface area (Å²) in [6, 6.07) is 8.61. The molecule has 1 fully saturated rings. The van der Waals surface area contributed by atoms with E-state index >= 15 is 0 Å². The molecule has 0 radical (unpaired) electrons. The van der Waals surface area contributed by atoms with Gasteiger partial charge in [-0.05, 0) is 36.5 Å². The van der Waals surface area contributed by atoms with Crippen LogP contribution >= 0.6 is 0 Å². The van der Waals surface area contributed by atoms with Crippen LogP contribution in [-0.4, -0.2) is 25.6 Å². The van der Waals surface area contributed by atoms with Crippen LogP contribution in [0.3, 0.4) is 0 Å². The summed E-state index contributed by atoms with van der Waals surface area (Å²) in [5.41, 5.74) is 6.42. The first-order chi connectivity index (χ1) is 8.19. The van der Waals surface area contributed by atoms with Crippen molar-refractivity contribution in [2.24, 2.45) is 5.73 Å². The van der Waals surface area contributed by atoms with Gasteiger partial charge in [-0.15, -0.1) is 0 Å². The van der Waals surface area contributed by atoms with Crippen LogP contribution < -0.4 is 15.8 Å². The first-order valence-corrected chi connectivity index (χ1v) is 5.84. The molecule has 0 atom stereocenters. The Morgan fingerprint density at radius 2 is 2.06 bits per heavy atom. The standard InChI is InChI=1S/C13H18N2O2/c1-17-12-4-2-9(3-5-12)10-6-11(7-10)15-8-13(14)16/h2-5,10-11,15H,6-8H2,1H3,(H2,14,16). The number of nitrogens with two attached hydrogens (primary N) is 1. The lowest BCUT2D eigenvalue weighted by molar-refractivity contribution is -0.117. The molecule has 4 nitrogen and oxygen atoms in total. The first kappa shape index (κ1) is 11.9. The zero-order chi connectivity index (χ0) is 12.3. The van der Waals surface area contributed by atoms with Crippen molar-refractivity contribution in [2.75, 3.05) is 13.7 Å². The number of hydrogen-bond acceptors (Lipinski definition) is 3. The van der Waals surface area contributed by atoms with E-state index in [-0.39, 0.29) is 12.5 Å². The molecule has 0 bridgehead atoms. The Morgan fingerprint density at radius 1 is 1.41 bits per heavy atom. The zero-order valence-electron chi connectivity index (χ0n) is 9.98. The highest BCUT2D eigenvalue weighted by molar-refractivity contribution is 5.75. The van der Waals surface area contributed by atoms with Crippen LogP contribution in [0.1, 0.15) is 24.3 Å². The van der Waals surface area contributed by atoms with E-state index in [0.29, 0.717) is 12.0 Å². The number of ether oxygens (including phenoxy) is 1. The number of nitrogens with one attached hydrogen (secondary N) is 1. The maximum Gasteiger partial charge on any atom is 0.231 e. The molecule has 0 saturated heterocycles. The van der Waals surface area contributed by atoms with E-state index in [4.69, 9.17) is 10.5 Å². The number of methoxy groups -OCH3 is 1. The maximum atomic E-state index is 10.6. The summed E-state index contributed by atoms with van der Waals surface area (Å²) < 4.78 is 5.12. The third-order valence-electron chi connectivity index (χ3n) is 3.29. The van der Waals surface area contributed by atoms with Crippen LogP contribution in [0, 0.1) is 0 Å². The summed E-state index contributed by atoms with van der Waals surface area (Å²) in [5.74, 6) is 1.18. The minimum atomic E-state index is -0.294. The molecular weight excluding hydrogens is 216 g/mol. The quantitative estimate of drug-likeness (QED) is 0.799. The van der Waals surface area contributed by atoms with E-state index in [1.54, 1.807) is 7.11 Å². The highest BCUT2D eigenvalue weighted by Crippen LogP contribution is 2.37. The second-order valence-electron chi connectivity index (χ2n) is 4.49. The Balaban J connectivity index is 1.80. The van der Waals surface area contributed by atoms with E-state index in [0.717, 1.165) is 18.6 Å². The topological polar surface area (TPSA) is 64.3 Å². The van der Waals surface area contributed by atoms with Crippen molar-refractivity contribution in [1.82, 2.24) is 5.32 Å². The second-order valence-corrected chi connectivity index (χ2v) is 4.49. The second kappa shape index (κ2) is 5.19. The van der Waals surface area contributed by atoms with Gasteiger partial charge in [0.25, 0.3) is 0 Å². The van der Waals surface area contributed by atoms with Gasteiger partial charge in [-0.3, -0.25) is 4.79 Å². The van der Waals surface area contributed by atoms with Crippen molar-refractivity contribution in [2.45, 2.75) is 24.8 Å². The molecule has 4 heteroatoms. The third-order valence-corrected chi connectivity index (χ3v) is 3.29. The summed E-state index contributed by atoms with van der Waals surface area (Å²) in [6.45, 7) is 0.278. The van der Waals surface area contributed by atoms with Gasteiger partial charge in [-0.2, -0.15) is 0 Å². The molecule has 0 aliphatic heterocycles. The fraction of sp³-hybridized carbons (Fsp3) is 0.462. The van der Waals surface area contributed by atoms with Crippen molar-refractivity contribution >= 4 is 5.91 Å². The summed E-state index contributed by atoms with van der Waals surface area (Å²) >= 11 is 0. The van der Waals surface area contributed by atoms with Gasteiger partial charge in [-0.25, -0.2) is 0 Å². The Morgan fingerprint density at radius 3 is 2.59 bits per heavy atom. The number of hydrogen-bond donors (Lipinski definition) is 2. The van der Waals surface area contributed by atoms with Crippen molar-refractivity contribution < 1.29 is 9.53 Å². The number of primary amides is 1. The number of rotatable bonds is 5. The number of carbonyl (C=O) groups excluding carboxylic acids is 1. The number of amides is 1. The van der Waals surface area contributed by atoms with Gasteiger partial charge in [0, 0.05) is 6.04 Å². The average Bonchev–Trinajstić information content (AvgIpc) is 2.27. The summed E-state index contributed by atoms with van der Waals surface area (Å²) in [4.78, 5) is 10.6. The SMILES string of the molecule is COc1ccc(C2CC(NCC(N)=O)C2)cc1. The van der Waals surface area contributed by atoms with Gasteiger partial charge >= 0.3 is 0 Å². The maximum absolute atomic E-state index is 10.6. The van der Waals surface area contributed by atoms with Crippen molar-refractivity contribution in [3.8, 4) is 5.75 Å². The van der Waals surface area contributed by atoms with Crippen molar-refractivity contribution in [3.05, 3.63) is 29.8 Å². The molecule has 0 spiro atoms. The van der Waals surface area contributed by atoms with Gasteiger partial charge in [0.05, 0.1) is 13.7 Å². The zero-order valence-corrected chi connectivity index (χ0v) is 9.98. The Hall–Kier alpha value is -1.55. The van der Waals surface area contributed by atoms with Crippen LogP contribution in [0.2, 0.25) is 0 Å². The van der Waals surface area contributed by atoms with Crippen LogP contribution in [0.5, 0.6) is 5.75 Å². The first-order valence-electron chi connectivity index (χ1n) is 5.84. The largest absolute Gasteiger partial charge is 0.497 e. The van der Waals surface area contributed by atoms with Crippen LogP contribution in [-0.2, 0) is 4.79 Å². The molecule has 2 rings (SSSR count). The molecule has 92 valence electrons. The lowest BCUT2D eigenvalue weighted by Gasteiger charge is -2.36. The van der Waals surface area contributed by atoms with E-state index in [1.165, 1.54) is 5.56 Å². The molecule has 1 aliphatic carbocycles. The van der Waals surface area contributed by atoms with Crippen LogP contribution in [0.4, 0.5) is 0 Å². The monoisotopic (exact) mass is 234 g/mol. The molecule has 0 heterocycles. The lowest BCUT2D eigenvalue weighted by atomic mass is 9.76. The molecular formula is C13H18N2O2. The molecule has 1 amide bonds. The van der Waals surface area contributed by atoms with Crippen molar-refractivity contribution in [3.63, 3.8) is 0 Å². The molecule has 1 saturated carbocycles. The minimum Gasteiger partial charge on any atom is -0.497 e. The van der Waals surface area contributed by atoms with Gasteiger partial charge < -0.3 is 15.8 Å². The Labute approximate surface area is 101 Å². The summed E-state index contributed by atoms with van der Waals surface area (Å²) in [6.07, 6.45) is 2.14. The van der Waals surface area contributed by atoms with E-state index in [2.05, 4.69) is 17.4 Å². The van der Waals surface area contributed by atoms with E-state index in [1.807, 2.05) is 12.1 Å². The third kappa shape index (κ3) is 2.97. The summed E-state index contributed by atoms with van der Waals surface area (Å²) in [5, 5.41) is 3.14. The van der Waals surface area contributed by atoms with Crippen molar-refractivity contribution in [1.29, 1.82) is 0 Å². The van der Waals surface area contributed by atoms with Crippen LogP contribution in [0.25, 0.3) is 0 Å². The number of carbonyl (C=O) groups is 1. The molecule has 0 aromatic heterocycles. The minimum absolute atomic E-state index is 0.278. The van der Waals surface area contributed by atoms with Gasteiger partial charge in [0.1, 0.15) is 5.75 Å². The highest BCUT2D eigenvalue weighted by Gasteiger charge is 2.29. The molecule has 0 unspecified atom stereocenters. The van der Waals surface area contributed by atoms with E-state index in [9.17, 15) is 4.79 Å². The fourth-order valence-electron chi connectivity index (χ4n) is 2.18. The van der Waals surface area contributed by atoms with Gasteiger partial charge in [0.15, 0.2) is 0 Å². The lowest BCUT2D eigenvalue weighted by Crippen LogP contribution is -2.43. The van der Waals surface area contributed by atoms with Gasteiger partial charge in [-0.1, -0.05) is 12.1 Å². The summed E-state index contributed by atoms with van der Waals surface area (Å²) in [7, 11) is 1.67. The number of benzene rings is 1. The molecule has 1 aromatic rings. The predicted octanol–water partition coefficient (Wildman–Crippen LogP) is 1.02. The predicted molar refractivity (Wildman–Crippen MR) is 66.0 cm³/mol. The van der Waals surface area contributed by atoms with E-state index < -0.39 is 0 Å². The smallest absolute Gasteiger partial charge is 0.231 e. The molecule has 3 N–H and O–H groups in total.